The lowest BCUT2D eigenvalue weighted by molar-refractivity contribution is 0.324. The Morgan fingerprint density at radius 2 is 1.43 bits per heavy atom. The van der Waals surface area contributed by atoms with Crippen LogP contribution in [0.2, 0.25) is 0 Å². The Balaban J connectivity index is 1.96. The summed E-state index contributed by atoms with van der Waals surface area (Å²) < 4.78 is 16.7. The number of fused-ring (bicyclic) bond motifs is 5. The Morgan fingerprint density at radius 3 is 2.17 bits per heavy atom. The van der Waals surface area contributed by atoms with Gasteiger partial charge in [-0.2, -0.15) is 0 Å². The van der Waals surface area contributed by atoms with Gasteiger partial charge in [-0.15, -0.1) is 0 Å². The molecule has 0 atom stereocenters. The van der Waals surface area contributed by atoms with E-state index >= 15 is 0 Å². The van der Waals surface area contributed by atoms with Gasteiger partial charge in [0, 0.05) is 47.1 Å². The first kappa shape index (κ1) is 18.1. The average molecular weight is 397 g/mol. The molecule has 0 N–H and O–H groups in total. The molecule has 0 bridgehead atoms. The van der Waals surface area contributed by atoms with Gasteiger partial charge in [0.15, 0.2) is 11.5 Å². The maximum Gasteiger partial charge on any atom is 0.203 e. The standard InChI is InChI=1S/C24H19N3O3/c1-28-20-9-15(10-21(29-2)24(20)30-3)18-8-14-4-6-26-13-19(14)23-22(18)17-5-7-25-11-16(17)12-27-23/h4-13H,1-3H3. The number of ether oxygens (including phenoxy) is 3. The normalized spacial score (nSPS) is 11.2. The lowest BCUT2D eigenvalue weighted by Gasteiger charge is -2.16. The van der Waals surface area contributed by atoms with Crippen molar-refractivity contribution >= 4 is 32.4 Å². The van der Waals surface area contributed by atoms with Crippen molar-refractivity contribution in [2.24, 2.45) is 0 Å². The smallest absolute Gasteiger partial charge is 0.203 e. The van der Waals surface area contributed by atoms with Crippen molar-refractivity contribution in [2.75, 3.05) is 21.3 Å². The third kappa shape index (κ3) is 2.69. The highest BCUT2D eigenvalue weighted by molar-refractivity contribution is 6.20. The quantitative estimate of drug-likeness (QED) is 0.397. The molecule has 6 nitrogen and oxygen atoms in total. The van der Waals surface area contributed by atoms with E-state index in [0.717, 1.165) is 43.6 Å². The number of rotatable bonds is 4. The van der Waals surface area contributed by atoms with Gasteiger partial charge in [-0.25, -0.2) is 0 Å². The molecule has 0 saturated heterocycles. The number of aromatic nitrogens is 3. The fourth-order valence-electron chi connectivity index (χ4n) is 3.96. The van der Waals surface area contributed by atoms with Gasteiger partial charge in [0.05, 0.1) is 26.8 Å². The zero-order valence-electron chi connectivity index (χ0n) is 16.8. The van der Waals surface area contributed by atoms with Crippen LogP contribution in [0.5, 0.6) is 17.2 Å². The summed E-state index contributed by atoms with van der Waals surface area (Å²) in [7, 11) is 4.84. The van der Waals surface area contributed by atoms with Crippen molar-refractivity contribution in [3.63, 3.8) is 0 Å². The van der Waals surface area contributed by atoms with E-state index in [9.17, 15) is 0 Å². The lowest BCUT2D eigenvalue weighted by atomic mass is 9.93. The summed E-state index contributed by atoms with van der Waals surface area (Å²) in [4.78, 5) is 13.3. The van der Waals surface area contributed by atoms with Gasteiger partial charge in [-0.3, -0.25) is 15.0 Å². The van der Waals surface area contributed by atoms with Gasteiger partial charge < -0.3 is 14.2 Å². The second kappa shape index (κ2) is 7.15. The molecule has 0 amide bonds. The summed E-state index contributed by atoms with van der Waals surface area (Å²) in [5, 5.41) is 5.14. The molecule has 3 heterocycles. The Hall–Kier alpha value is -3.93. The Morgan fingerprint density at radius 1 is 0.700 bits per heavy atom. The first-order chi connectivity index (χ1) is 14.7. The Bertz CT molecular complexity index is 1390. The van der Waals surface area contributed by atoms with Gasteiger partial charge in [0.1, 0.15) is 0 Å². The fraction of sp³-hybridized carbons (Fsp3) is 0.125. The zero-order valence-corrected chi connectivity index (χ0v) is 16.8. The molecule has 0 spiro atoms. The highest BCUT2D eigenvalue weighted by atomic mass is 16.5. The van der Waals surface area contributed by atoms with E-state index in [1.807, 2.05) is 42.9 Å². The SMILES string of the molecule is COc1cc(-c2cc3ccncc3c3ncc4cnccc4c23)cc(OC)c1OC. The first-order valence-corrected chi connectivity index (χ1v) is 9.44. The van der Waals surface area contributed by atoms with Crippen molar-refractivity contribution in [3.8, 4) is 28.4 Å². The zero-order chi connectivity index (χ0) is 20.7. The topological polar surface area (TPSA) is 66.4 Å². The van der Waals surface area contributed by atoms with Crippen LogP contribution in [-0.4, -0.2) is 36.3 Å². The molecule has 0 aliphatic heterocycles. The van der Waals surface area contributed by atoms with Gasteiger partial charge >= 0.3 is 0 Å². The Labute approximate surface area is 173 Å². The van der Waals surface area contributed by atoms with Crippen LogP contribution in [0.1, 0.15) is 0 Å². The molecule has 3 aromatic heterocycles. The molecule has 148 valence electrons. The average Bonchev–Trinajstić information content (AvgIpc) is 2.82. The van der Waals surface area contributed by atoms with Gasteiger partial charge in [-0.05, 0) is 52.2 Å². The van der Waals surface area contributed by atoms with E-state index in [4.69, 9.17) is 19.2 Å². The number of pyridine rings is 3. The molecular formula is C24H19N3O3. The summed E-state index contributed by atoms with van der Waals surface area (Å²) in [6.45, 7) is 0. The second-order valence-corrected chi connectivity index (χ2v) is 6.88. The van der Waals surface area contributed by atoms with Crippen molar-refractivity contribution in [1.82, 2.24) is 15.0 Å². The van der Waals surface area contributed by atoms with E-state index in [1.165, 1.54) is 0 Å². The van der Waals surface area contributed by atoms with Crippen molar-refractivity contribution in [3.05, 3.63) is 61.3 Å². The summed E-state index contributed by atoms with van der Waals surface area (Å²) in [6, 6.07) is 10.1. The predicted molar refractivity (Wildman–Crippen MR) is 117 cm³/mol. The molecule has 2 aromatic carbocycles. The van der Waals surface area contributed by atoms with Crippen LogP contribution in [0, 0.1) is 0 Å². The number of hydrogen-bond acceptors (Lipinski definition) is 6. The highest BCUT2D eigenvalue weighted by Crippen LogP contribution is 2.44. The maximum absolute atomic E-state index is 5.59. The maximum atomic E-state index is 5.59. The van der Waals surface area contributed by atoms with Crippen molar-refractivity contribution in [1.29, 1.82) is 0 Å². The lowest BCUT2D eigenvalue weighted by Crippen LogP contribution is -1.96. The fourth-order valence-corrected chi connectivity index (χ4v) is 3.96. The highest BCUT2D eigenvalue weighted by Gasteiger charge is 2.18. The third-order valence-electron chi connectivity index (χ3n) is 5.35. The van der Waals surface area contributed by atoms with E-state index in [1.54, 1.807) is 33.7 Å². The van der Waals surface area contributed by atoms with Crippen LogP contribution in [0.4, 0.5) is 0 Å². The van der Waals surface area contributed by atoms with Crippen LogP contribution in [-0.2, 0) is 0 Å². The number of hydrogen-bond donors (Lipinski definition) is 0. The first-order valence-electron chi connectivity index (χ1n) is 9.44. The van der Waals surface area contributed by atoms with E-state index in [0.29, 0.717) is 17.2 Å². The van der Waals surface area contributed by atoms with Crippen LogP contribution >= 0.6 is 0 Å². The largest absolute Gasteiger partial charge is 0.493 e. The van der Waals surface area contributed by atoms with Crippen molar-refractivity contribution < 1.29 is 14.2 Å². The van der Waals surface area contributed by atoms with Gasteiger partial charge in [0.2, 0.25) is 5.75 Å². The molecule has 5 rings (SSSR count). The number of methoxy groups -OCH3 is 3. The molecule has 0 saturated carbocycles. The molecule has 0 radical (unpaired) electrons. The van der Waals surface area contributed by atoms with E-state index in [-0.39, 0.29) is 0 Å². The van der Waals surface area contributed by atoms with Crippen LogP contribution in [0.15, 0.2) is 61.3 Å². The molecule has 5 aromatic rings. The predicted octanol–water partition coefficient (Wildman–Crippen LogP) is 5.02. The number of benzene rings is 2. The minimum absolute atomic E-state index is 0.560. The van der Waals surface area contributed by atoms with Crippen LogP contribution in [0.3, 0.4) is 0 Å². The summed E-state index contributed by atoms with van der Waals surface area (Å²) in [6.07, 6.45) is 9.13. The minimum Gasteiger partial charge on any atom is -0.493 e. The minimum atomic E-state index is 0.560. The van der Waals surface area contributed by atoms with Crippen LogP contribution in [0.25, 0.3) is 43.6 Å². The van der Waals surface area contributed by atoms with Gasteiger partial charge in [-0.1, -0.05) is 0 Å². The molecule has 30 heavy (non-hydrogen) atoms. The summed E-state index contributed by atoms with van der Waals surface area (Å²) in [5.74, 6) is 1.76. The Kier molecular flexibility index (Phi) is 4.32. The molecule has 0 fully saturated rings. The molecule has 0 aliphatic rings. The summed E-state index contributed by atoms with van der Waals surface area (Å²) in [5.41, 5.74) is 2.86. The van der Waals surface area contributed by atoms with E-state index < -0.39 is 0 Å². The number of nitrogens with zero attached hydrogens (tertiary/aromatic N) is 3. The van der Waals surface area contributed by atoms with E-state index in [2.05, 4.69) is 16.0 Å². The molecule has 0 aliphatic carbocycles. The van der Waals surface area contributed by atoms with Crippen LogP contribution < -0.4 is 14.2 Å². The third-order valence-corrected chi connectivity index (χ3v) is 5.35. The second-order valence-electron chi connectivity index (χ2n) is 6.88. The van der Waals surface area contributed by atoms with Gasteiger partial charge in [0.25, 0.3) is 0 Å². The monoisotopic (exact) mass is 397 g/mol. The molecular weight excluding hydrogens is 378 g/mol. The van der Waals surface area contributed by atoms with Crippen molar-refractivity contribution in [2.45, 2.75) is 0 Å². The summed E-state index contributed by atoms with van der Waals surface area (Å²) >= 11 is 0. The molecule has 6 heteroatoms. The molecule has 0 unspecified atom stereocenters.